The number of nitrogens with one attached hydrogen (secondary N) is 1. The second-order valence-corrected chi connectivity index (χ2v) is 5.55. The van der Waals surface area contributed by atoms with Crippen LogP contribution in [0.1, 0.15) is 12.5 Å². The summed E-state index contributed by atoms with van der Waals surface area (Å²) in [5, 5.41) is 3.27. The zero-order valence-corrected chi connectivity index (χ0v) is 14.3. The van der Waals surface area contributed by atoms with E-state index in [0.29, 0.717) is 28.9 Å². The van der Waals surface area contributed by atoms with Crippen molar-refractivity contribution in [1.29, 1.82) is 0 Å². The van der Waals surface area contributed by atoms with Gasteiger partial charge in [0, 0.05) is 11.5 Å². The molecule has 0 spiro atoms. The highest BCUT2D eigenvalue weighted by Gasteiger charge is 2.27. The van der Waals surface area contributed by atoms with Crippen LogP contribution in [0.4, 0.5) is 0 Å². The number of ether oxygens (including phenoxy) is 2. The smallest absolute Gasteiger partial charge is 0.276 e. The molecule has 0 bridgehead atoms. The number of benzene rings is 1. The van der Waals surface area contributed by atoms with Gasteiger partial charge in [-0.05, 0) is 42.9 Å². The van der Waals surface area contributed by atoms with Gasteiger partial charge in [0.1, 0.15) is 5.70 Å². The maximum absolute atomic E-state index is 12.0. The van der Waals surface area contributed by atoms with Gasteiger partial charge in [0.05, 0.1) is 13.7 Å². The molecule has 1 amide bonds. The van der Waals surface area contributed by atoms with Gasteiger partial charge >= 0.3 is 0 Å². The third-order valence-electron chi connectivity index (χ3n) is 2.96. The van der Waals surface area contributed by atoms with Crippen molar-refractivity contribution in [2.24, 2.45) is 0 Å². The maximum atomic E-state index is 12.0. The second-order valence-electron chi connectivity index (χ2n) is 4.31. The minimum Gasteiger partial charge on any atom is -0.493 e. The third-order valence-corrected chi connectivity index (χ3v) is 4.03. The van der Waals surface area contributed by atoms with E-state index >= 15 is 0 Å². The van der Waals surface area contributed by atoms with Crippen LogP contribution in [0.5, 0.6) is 11.5 Å². The highest BCUT2D eigenvalue weighted by molar-refractivity contribution is 9.10. The zero-order valence-electron chi connectivity index (χ0n) is 11.9. The molecule has 5 nitrogen and oxygen atoms in total. The van der Waals surface area contributed by atoms with Crippen molar-refractivity contribution >= 4 is 45.2 Å². The van der Waals surface area contributed by atoms with E-state index in [0.717, 1.165) is 10.0 Å². The summed E-state index contributed by atoms with van der Waals surface area (Å²) in [6, 6.07) is 3.62. The van der Waals surface area contributed by atoms with Gasteiger partial charge in [0.2, 0.25) is 0 Å². The summed E-state index contributed by atoms with van der Waals surface area (Å²) in [7, 11) is 3.21. The highest BCUT2D eigenvalue weighted by atomic mass is 79.9. The van der Waals surface area contributed by atoms with Crippen LogP contribution >= 0.6 is 28.1 Å². The molecule has 1 saturated heterocycles. The number of amides is 1. The molecule has 0 aromatic heterocycles. The summed E-state index contributed by atoms with van der Waals surface area (Å²) in [5.74, 6) is 1.08. The molecular weight excluding hydrogens is 356 g/mol. The van der Waals surface area contributed by atoms with Crippen LogP contribution in [0.3, 0.4) is 0 Å². The van der Waals surface area contributed by atoms with Crippen molar-refractivity contribution in [1.82, 2.24) is 10.2 Å². The molecule has 0 saturated carbocycles. The van der Waals surface area contributed by atoms with Gasteiger partial charge in [0.25, 0.3) is 5.91 Å². The average Bonchev–Trinajstić information content (AvgIpc) is 2.69. The molecule has 2 rings (SSSR count). The topological polar surface area (TPSA) is 50.8 Å². The van der Waals surface area contributed by atoms with Crippen LogP contribution in [0, 0.1) is 0 Å². The first-order valence-electron chi connectivity index (χ1n) is 6.29. The number of carbonyl (C=O) groups excluding carboxylic acids is 1. The van der Waals surface area contributed by atoms with Crippen LogP contribution in [-0.4, -0.2) is 36.7 Å². The van der Waals surface area contributed by atoms with Gasteiger partial charge in [-0.1, -0.05) is 15.9 Å². The van der Waals surface area contributed by atoms with Crippen molar-refractivity contribution in [2.75, 3.05) is 20.8 Å². The van der Waals surface area contributed by atoms with E-state index in [-0.39, 0.29) is 5.91 Å². The number of carbonyl (C=O) groups is 1. The van der Waals surface area contributed by atoms with Crippen molar-refractivity contribution < 1.29 is 14.3 Å². The number of likely N-dealkylation sites (N-methyl/N-ethyl adjacent to an activating group) is 1. The molecule has 0 aliphatic carbocycles. The predicted octanol–water partition coefficient (Wildman–Crippen LogP) is 2.54. The van der Waals surface area contributed by atoms with Crippen LogP contribution in [0.25, 0.3) is 6.08 Å². The Morgan fingerprint density at radius 2 is 2.14 bits per heavy atom. The molecule has 0 unspecified atom stereocenters. The van der Waals surface area contributed by atoms with Gasteiger partial charge in [-0.15, -0.1) is 0 Å². The standard InChI is InChI=1S/C14H15BrN2O3S/c1-4-20-12-7-9(15)8(6-11(12)19-3)5-10-13(18)17(2)14(21)16-10/h5-7H,4H2,1-3H3,(H,16,21)/b10-5-. The zero-order chi connectivity index (χ0) is 15.6. The molecule has 21 heavy (non-hydrogen) atoms. The molecule has 1 aromatic carbocycles. The lowest BCUT2D eigenvalue weighted by Gasteiger charge is -2.11. The molecule has 1 aliphatic heterocycles. The highest BCUT2D eigenvalue weighted by Crippen LogP contribution is 2.34. The number of hydrogen-bond donors (Lipinski definition) is 1. The maximum Gasteiger partial charge on any atom is 0.276 e. The molecule has 7 heteroatoms. The van der Waals surface area contributed by atoms with Crippen molar-refractivity contribution in [3.8, 4) is 11.5 Å². The van der Waals surface area contributed by atoms with E-state index in [2.05, 4.69) is 21.2 Å². The first-order valence-corrected chi connectivity index (χ1v) is 7.49. The molecule has 0 atom stereocenters. The van der Waals surface area contributed by atoms with Gasteiger partial charge < -0.3 is 14.8 Å². The Kier molecular flexibility index (Phi) is 4.84. The lowest BCUT2D eigenvalue weighted by Crippen LogP contribution is -2.25. The van der Waals surface area contributed by atoms with Crippen molar-refractivity contribution in [3.63, 3.8) is 0 Å². The molecule has 0 radical (unpaired) electrons. The first-order chi connectivity index (χ1) is 9.97. The summed E-state index contributed by atoms with van der Waals surface area (Å²) in [5.41, 5.74) is 1.22. The number of halogens is 1. The van der Waals surface area contributed by atoms with Gasteiger partial charge in [-0.25, -0.2) is 0 Å². The summed E-state index contributed by atoms with van der Waals surface area (Å²) in [6.07, 6.45) is 1.72. The average molecular weight is 371 g/mol. The number of thiocarbonyl (C=S) groups is 1. The number of nitrogens with zero attached hydrogens (tertiary/aromatic N) is 1. The Morgan fingerprint density at radius 1 is 1.43 bits per heavy atom. The van der Waals surface area contributed by atoms with E-state index in [1.165, 1.54) is 4.90 Å². The fourth-order valence-corrected chi connectivity index (χ4v) is 2.50. The monoisotopic (exact) mass is 370 g/mol. The SMILES string of the molecule is CCOc1cc(Br)c(/C=C2\NC(=S)N(C)C2=O)cc1OC. The van der Waals surface area contributed by atoms with Crippen LogP contribution in [0.2, 0.25) is 0 Å². The number of rotatable bonds is 4. The van der Waals surface area contributed by atoms with E-state index in [1.54, 1.807) is 26.3 Å². The number of hydrogen-bond acceptors (Lipinski definition) is 4. The minimum atomic E-state index is -0.167. The van der Waals surface area contributed by atoms with Crippen molar-refractivity contribution in [3.05, 3.63) is 27.9 Å². The fourth-order valence-electron chi connectivity index (χ4n) is 1.87. The van der Waals surface area contributed by atoms with E-state index < -0.39 is 0 Å². The minimum absolute atomic E-state index is 0.167. The lowest BCUT2D eigenvalue weighted by molar-refractivity contribution is -0.121. The number of methoxy groups -OCH3 is 1. The van der Waals surface area contributed by atoms with Crippen LogP contribution in [-0.2, 0) is 4.79 Å². The predicted molar refractivity (Wildman–Crippen MR) is 88.3 cm³/mol. The Bertz CT molecular complexity index is 631. The Balaban J connectivity index is 2.41. The van der Waals surface area contributed by atoms with E-state index in [1.807, 2.05) is 13.0 Å². The quantitative estimate of drug-likeness (QED) is 0.651. The summed E-state index contributed by atoms with van der Waals surface area (Å²) >= 11 is 8.52. The normalized spacial score (nSPS) is 16.4. The molecule has 1 heterocycles. The molecular formula is C14H15BrN2O3S. The van der Waals surface area contributed by atoms with Crippen LogP contribution < -0.4 is 14.8 Å². The first kappa shape index (κ1) is 15.8. The Labute approximate surface area is 137 Å². The Morgan fingerprint density at radius 3 is 2.67 bits per heavy atom. The molecule has 1 aliphatic rings. The molecule has 112 valence electrons. The molecule has 1 N–H and O–H groups in total. The van der Waals surface area contributed by atoms with E-state index in [9.17, 15) is 4.79 Å². The van der Waals surface area contributed by atoms with Crippen LogP contribution in [0.15, 0.2) is 22.3 Å². The van der Waals surface area contributed by atoms with Gasteiger partial charge in [-0.2, -0.15) is 0 Å². The summed E-state index contributed by atoms with van der Waals surface area (Å²) in [4.78, 5) is 13.4. The second kappa shape index (κ2) is 6.44. The third kappa shape index (κ3) is 3.19. The fraction of sp³-hybridized carbons (Fsp3) is 0.286. The van der Waals surface area contributed by atoms with Gasteiger partial charge in [0.15, 0.2) is 16.6 Å². The summed E-state index contributed by atoms with van der Waals surface area (Å²) < 4.78 is 11.6. The summed E-state index contributed by atoms with van der Waals surface area (Å²) in [6.45, 7) is 2.45. The molecule has 1 fully saturated rings. The van der Waals surface area contributed by atoms with Crippen molar-refractivity contribution in [2.45, 2.75) is 6.92 Å². The van der Waals surface area contributed by atoms with Gasteiger partial charge in [-0.3, -0.25) is 9.69 Å². The molecule has 1 aromatic rings. The lowest BCUT2D eigenvalue weighted by atomic mass is 10.1. The Hall–Kier alpha value is -1.60. The largest absolute Gasteiger partial charge is 0.493 e. The van der Waals surface area contributed by atoms with E-state index in [4.69, 9.17) is 21.7 Å².